The lowest BCUT2D eigenvalue weighted by Gasteiger charge is -2.17. The smallest absolute Gasteiger partial charge is 0.104 e. The summed E-state index contributed by atoms with van der Waals surface area (Å²) in [5.74, 6) is 0. The molecule has 0 aliphatic rings. The van der Waals surface area contributed by atoms with Gasteiger partial charge < -0.3 is 34.3 Å². The zero-order valence-corrected chi connectivity index (χ0v) is 10.9. The van der Waals surface area contributed by atoms with E-state index in [9.17, 15) is 5.11 Å². The van der Waals surface area contributed by atoms with Crippen molar-refractivity contribution in [1.82, 2.24) is 0 Å². The Morgan fingerprint density at radius 1 is 0.833 bits per heavy atom. The maximum Gasteiger partial charge on any atom is 0.104 e. The molecule has 0 aliphatic heterocycles. The fourth-order valence-corrected chi connectivity index (χ4v) is 1.15. The van der Waals surface area contributed by atoms with Gasteiger partial charge in [0, 0.05) is 14.2 Å². The molecule has 3 N–H and O–H groups in total. The van der Waals surface area contributed by atoms with Crippen molar-refractivity contribution in [3.63, 3.8) is 0 Å². The highest BCUT2D eigenvalue weighted by atomic mass is 16.6. The molecule has 3 unspecified atom stereocenters. The molecule has 0 aromatic heterocycles. The van der Waals surface area contributed by atoms with Gasteiger partial charge in [-0.25, -0.2) is 0 Å². The van der Waals surface area contributed by atoms with Crippen molar-refractivity contribution in [2.24, 2.45) is 0 Å². The number of aliphatic hydroxyl groups is 3. The lowest BCUT2D eigenvalue weighted by Crippen LogP contribution is -2.29. The minimum Gasteiger partial charge on any atom is -0.394 e. The number of ether oxygens (including phenoxy) is 4. The molecule has 0 fully saturated rings. The van der Waals surface area contributed by atoms with E-state index in [1.807, 2.05) is 0 Å². The zero-order valence-electron chi connectivity index (χ0n) is 10.9. The van der Waals surface area contributed by atoms with E-state index < -0.39 is 12.2 Å². The second kappa shape index (κ2) is 11.8. The highest BCUT2D eigenvalue weighted by Gasteiger charge is 2.10. The molecule has 0 aromatic carbocycles. The van der Waals surface area contributed by atoms with E-state index in [1.165, 1.54) is 0 Å². The highest BCUT2D eigenvalue weighted by molar-refractivity contribution is 4.57. The second-order valence-corrected chi connectivity index (χ2v) is 3.88. The molecule has 7 nitrogen and oxygen atoms in total. The van der Waals surface area contributed by atoms with Crippen LogP contribution >= 0.6 is 0 Å². The van der Waals surface area contributed by atoms with Gasteiger partial charge in [0.2, 0.25) is 0 Å². The standard InChI is InChI=1S/C11H24O7/c1-15-7-11(16-2)8-18-6-10(14)5-17-4-9(13)3-12/h9-14H,3-8H2,1-2H3. The zero-order chi connectivity index (χ0) is 13.8. The van der Waals surface area contributed by atoms with Crippen LogP contribution in [0.4, 0.5) is 0 Å². The largest absolute Gasteiger partial charge is 0.394 e. The van der Waals surface area contributed by atoms with Crippen LogP contribution in [0.2, 0.25) is 0 Å². The molecule has 0 aromatic rings. The predicted octanol–water partition coefficient (Wildman–Crippen LogP) is -1.60. The Morgan fingerprint density at radius 3 is 1.89 bits per heavy atom. The average Bonchev–Trinajstić information content (AvgIpc) is 2.37. The van der Waals surface area contributed by atoms with Gasteiger partial charge in [0.05, 0.1) is 39.6 Å². The first kappa shape index (κ1) is 17.7. The van der Waals surface area contributed by atoms with Crippen molar-refractivity contribution in [1.29, 1.82) is 0 Å². The Hall–Kier alpha value is -0.280. The summed E-state index contributed by atoms with van der Waals surface area (Å²) in [7, 11) is 3.13. The minimum atomic E-state index is -0.919. The Labute approximate surface area is 107 Å². The van der Waals surface area contributed by atoms with Crippen molar-refractivity contribution in [2.45, 2.75) is 18.3 Å². The molecule has 0 bridgehead atoms. The highest BCUT2D eigenvalue weighted by Crippen LogP contribution is 1.95. The molecule has 7 heteroatoms. The summed E-state index contributed by atoms with van der Waals surface area (Å²) >= 11 is 0. The Morgan fingerprint density at radius 2 is 1.39 bits per heavy atom. The van der Waals surface area contributed by atoms with Crippen molar-refractivity contribution in [3.05, 3.63) is 0 Å². The van der Waals surface area contributed by atoms with Crippen molar-refractivity contribution in [3.8, 4) is 0 Å². The molecular formula is C11H24O7. The summed E-state index contributed by atoms with van der Waals surface area (Å²) in [6.07, 6.45) is -1.87. The van der Waals surface area contributed by atoms with Gasteiger partial charge in [-0.2, -0.15) is 0 Å². The summed E-state index contributed by atoms with van der Waals surface area (Å²) in [4.78, 5) is 0. The second-order valence-electron chi connectivity index (χ2n) is 3.88. The van der Waals surface area contributed by atoms with Crippen LogP contribution in [0, 0.1) is 0 Å². The van der Waals surface area contributed by atoms with Gasteiger partial charge >= 0.3 is 0 Å². The van der Waals surface area contributed by atoms with Crippen LogP contribution in [-0.2, 0) is 18.9 Å². The van der Waals surface area contributed by atoms with Crippen molar-refractivity contribution < 1.29 is 34.3 Å². The van der Waals surface area contributed by atoms with E-state index >= 15 is 0 Å². The predicted molar refractivity (Wildman–Crippen MR) is 63.4 cm³/mol. The number of rotatable bonds is 12. The summed E-state index contributed by atoms with van der Waals surface area (Å²) in [5, 5.41) is 27.0. The molecule has 0 heterocycles. The SMILES string of the molecule is COCC(COCC(O)COCC(O)CO)OC. The van der Waals surface area contributed by atoms with Gasteiger partial charge in [0.25, 0.3) is 0 Å². The number of hydrogen-bond acceptors (Lipinski definition) is 7. The van der Waals surface area contributed by atoms with Gasteiger partial charge in [-0.3, -0.25) is 0 Å². The first-order chi connectivity index (χ1) is 8.63. The van der Waals surface area contributed by atoms with Gasteiger partial charge in [-0.15, -0.1) is 0 Å². The van der Waals surface area contributed by atoms with E-state index in [0.29, 0.717) is 13.2 Å². The Bertz CT molecular complexity index is 179. The van der Waals surface area contributed by atoms with E-state index in [-0.39, 0.29) is 32.5 Å². The molecule has 110 valence electrons. The summed E-state index contributed by atoms with van der Waals surface area (Å²) < 4.78 is 20.2. The van der Waals surface area contributed by atoms with Crippen LogP contribution in [0.15, 0.2) is 0 Å². The van der Waals surface area contributed by atoms with Gasteiger partial charge in [-0.1, -0.05) is 0 Å². The average molecular weight is 268 g/mol. The van der Waals surface area contributed by atoms with Crippen molar-refractivity contribution >= 4 is 0 Å². The molecular weight excluding hydrogens is 244 g/mol. The molecule has 0 amide bonds. The number of hydrogen-bond donors (Lipinski definition) is 3. The third kappa shape index (κ3) is 9.72. The van der Waals surface area contributed by atoms with E-state index in [0.717, 1.165) is 0 Å². The summed E-state index contributed by atoms with van der Waals surface area (Å²) in [6.45, 7) is 0.515. The van der Waals surface area contributed by atoms with Crippen LogP contribution in [0.5, 0.6) is 0 Å². The minimum absolute atomic E-state index is 0.0159. The van der Waals surface area contributed by atoms with Gasteiger partial charge in [0.15, 0.2) is 0 Å². The number of aliphatic hydroxyl groups excluding tert-OH is 3. The maximum absolute atomic E-state index is 9.48. The van der Waals surface area contributed by atoms with Crippen LogP contribution in [-0.4, -0.2) is 87.5 Å². The normalized spacial score (nSPS) is 16.5. The molecule has 0 saturated heterocycles. The fourth-order valence-electron chi connectivity index (χ4n) is 1.15. The van der Waals surface area contributed by atoms with Crippen LogP contribution < -0.4 is 0 Å². The lowest BCUT2D eigenvalue weighted by atomic mass is 10.3. The molecule has 0 radical (unpaired) electrons. The summed E-state index contributed by atoms with van der Waals surface area (Å²) in [6, 6.07) is 0. The third-order valence-electron chi connectivity index (χ3n) is 2.13. The maximum atomic E-state index is 9.48. The third-order valence-corrected chi connectivity index (χ3v) is 2.13. The fraction of sp³-hybridized carbons (Fsp3) is 1.00. The van der Waals surface area contributed by atoms with Crippen LogP contribution in [0.25, 0.3) is 0 Å². The molecule has 18 heavy (non-hydrogen) atoms. The first-order valence-corrected chi connectivity index (χ1v) is 5.78. The molecule has 3 atom stereocenters. The lowest BCUT2D eigenvalue weighted by molar-refractivity contribution is -0.0721. The monoisotopic (exact) mass is 268 g/mol. The van der Waals surface area contributed by atoms with E-state index in [1.54, 1.807) is 14.2 Å². The van der Waals surface area contributed by atoms with Crippen molar-refractivity contribution in [2.75, 3.05) is 53.9 Å². The molecule has 0 rings (SSSR count). The van der Waals surface area contributed by atoms with E-state index in [2.05, 4.69) is 0 Å². The topological polar surface area (TPSA) is 97.6 Å². The first-order valence-electron chi connectivity index (χ1n) is 5.78. The number of methoxy groups -OCH3 is 2. The Kier molecular flexibility index (Phi) is 11.6. The Balaban J connectivity index is 3.48. The van der Waals surface area contributed by atoms with Gasteiger partial charge in [-0.05, 0) is 0 Å². The summed E-state index contributed by atoms with van der Waals surface area (Å²) in [5.41, 5.74) is 0. The van der Waals surface area contributed by atoms with Crippen LogP contribution in [0.1, 0.15) is 0 Å². The quantitative estimate of drug-likeness (QED) is 0.392. The van der Waals surface area contributed by atoms with Crippen LogP contribution in [0.3, 0.4) is 0 Å². The molecule has 0 spiro atoms. The molecule has 0 saturated carbocycles. The molecule has 0 aliphatic carbocycles. The van der Waals surface area contributed by atoms with Gasteiger partial charge in [0.1, 0.15) is 18.3 Å². The van der Waals surface area contributed by atoms with E-state index in [4.69, 9.17) is 29.2 Å².